The molecule has 0 atom stereocenters. The van der Waals surface area contributed by atoms with Crippen molar-refractivity contribution in [1.82, 2.24) is 5.32 Å². The van der Waals surface area contributed by atoms with E-state index >= 15 is 0 Å². The maximum Gasteiger partial charge on any atom is 0.0487 e. The molecule has 0 saturated carbocycles. The Labute approximate surface area is 104 Å². The second-order valence-electron chi connectivity index (χ2n) is 3.76. The monoisotopic (exact) mass is 248 g/mol. The Bertz CT molecular complexity index is 122. The van der Waals surface area contributed by atoms with E-state index in [9.17, 15) is 0 Å². The molecule has 0 aliphatic heterocycles. The van der Waals surface area contributed by atoms with Gasteiger partial charge in [-0.3, -0.25) is 0 Å². The van der Waals surface area contributed by atoms with Gasteiger partial charge in [0.2, 0.25) is 0 Å². The van der Waals surface area contributed by atoms with Gasteiger partial charge in [-0.2, -0.15) is 0 Å². The van der Waals surface area contributed by atoms with E-state index in [1.165, 1.54) is 0 Å². The fourth-order valence-corrected chi connectivity index (χ4v) is 1.21. The summed E-state index contributed by atoms with van der Waals surface area (Å²) in [6.45, 7) is 4.75. The van der Waals surface area contributed by atoms with Crippen molar-refractivity contribution in [2.45, 2.75) is 25.7 Å². The van der Waals surface area contributed by atoms with Crippen LogP contribution in [0.4, 0.5) is 0 Å². The molecule has 0 spiro atoms. The van der Waals surface area contributed by atoms with Crippen molar-refractivity contribution in [2.24, 2.45) is 0 Å². The van der Waals surface area contributed by atoms with Crippen LogP contribution < -0.4 is 5.32 Å². The Morgan fingerprint density at radius 1 is 0.647 bits per heavy atom. The zero-order valence-corrected chi connectivity index (χ0v) is 10.6. The molecule has 1 radical (unpaired) electrons. The van der Waals surface area contributed by atoms with Crippen LogP contribution in [0.1, 0.15) is 25.7 Å². The predicted octanol–water partition coefficient (Wildman–Crippen LogP) is 0.169. The molecule has 103 valence electrons. The lowest BCUT2D eigenvalue weighted by Gasteiger charge is -2.04. The van der Waals surface area contributed by atoms with E-state index in [1.807, 2.05) is 0 Å². The molecule has 5 heteroatoms. The van der Waals surface area contributed by atoms with Gasteiger partial charge in [0.25, 0.3) is 0 Å². The van der Waals surface area contributed by atoms with Crippen molar-refractivity contribution < 1.29 is 19.7 Å². The first-order valence-electron chi connectivity index (χ1n) is 6.42. The number of hydrogen-bond acceptors (Lipinski definition) is 4. The molecule has 2 N–H and O–H groups in total. The maximum atomic E-state index is 8.52. The van der Waals surface area contributed by atoms with Crippen molar-refractivity contribution in [3.05, 3.63) is 0 Å². The van der Waals surface area contributed by atoms with Gasteiger partial charge in [0.15, 0.2) is 0 Å². The van der Waals surface area contributed by atoms with Gasteiger partial charge < -0.3 is 19.7 Å². The summed E-state index contributed by atoms with van der Waals surface area (Å²) in [5, 5.41) is 21.4. The van der Waals surface area contributed by atoms with E-state index in [1.54, 1.807) is 0 Å². The predicted molar refractivity (Wildman–Crippen MR) is 66.1 cm³/mol. The highest BCUT2D eigenvalue weighted by Gasteiger charge is 1.92. The first kappa shape index (κ1) is 16.8. The minimum absolute atomic E-state index is 0.195. The van der Waals surface area contributed by atoms with E-state index < -0.39 is 0 Å². The van der Waals surface area contributed by atoms with Crippen LogP contribution >= 0.6 is 0 Å². The maximum absolute atomic E-state index is 8.52. The summed E-state index contributed by atoms with van der Waals surface area (Å²) in [6, 6.07) is 0. The van der Waals surface area contributed by atoms with Crippen LogP contribution in [-0.2, 0) is 9.47 Å². The molecule has 0 bridgehead atoms. The Morgan fingerprint density at radius 2 is 1.06 bits per heavy atom. The van der Waals surface area contributed by atoms with Gasteiger partial charge in [0.1, 0.15) is 0 Å². The molecule has 0 aliphatic carbocycles. The minimum atomic E-state index is 0.195. The minimum Gasteiger partial charge on any atom is -0.396 e. The smallest absolute Gasteiger partial charge is 0.0487 e. The second kappa shape index (κ2) is 15.8. The Kier molecular flexibility index (Phi) is 15.6. The fourth-order valence-electron chi connectivity index (χ4n) is 1.21. The molecule has 0 rings (SSSR count). The Balaban J connectivity index is 2.85. The van der Waals surface area contributed by atoms with Crippen molar-refractivity contribution in [3.8, 4) is 0 Å². The van der Waals surface area contributed by atoms with Gasteiger partial charge in [0.05, 0.1) is 0 Å². The van der Waals surface area contributed by atoms with E-state index in [2.05, 4.69) is 5.32 Å². The average Bonchev–Trinajstić information content (AvgIpc) is 2.35. The van der Waals surface area contributed by atoms with Crippen LogP contribution in [0.15, 0.2) is 0 Å². The highest BCUT2D eigenvalue weighted by molar-refractivity contribution is 4.47. The van der Waals surface area contributed by atoms with Crippen molar-refractivity contribution >= 4 is 0 Å². The molecule has 5 nitrogen and oxygen atoms in total. The molecule has 17 heavy (non-hydrogen) atoms. The first-order valence-corrected chi connectivity index (χ1v) is 6.42. The summed E-state index contributed by atoms with van der Waals surface area (Å²) < 4.78 is 10.6. The van der Waals surface area contributed by atoms with Crippen molar-refractivity contribution in [3.63, 3.8) is 0 Å². The summed E-state index contributed by atoms with van der Waals surface area (Å²) >= 11 is 0. The summed E-state index contributed by atoms with van der Waals surface area (Å²) in [5.74, 6) is 0. The van der Waals surface area contributed by atoms with Crippen LogP contribution in [0.2, 0.25) is 0 Å². The van der Waals surface area contributed by atoms with Gasteiger partial charge in [-0.25, -0.2) is 5.32 Å². The number of hydrogen-bond donors (Lipinski definition) is 2. The summed E-state index contributed by atoms with van der Waals surface area (Å²) in [6.07, 6.45) is 3.30. The van der Waals surface area contributed by atoms with Crippen molar-refractivity contribution in [1.29, 1.82) is 0 Å². The summed E-state index contributed by atoms with van der Waals surface area (Å²) in [7, 11) is 0. The van der Waals surface area contributed by atoms with E-state index in [4.69, 9.17) is 19.7 Å². The molecule has 0 aromatic carbocycles. The van der Waals surface area contributed by atoms with Crippen LogP contribution in [0, 0.1) is 0 Å². The van der Waals surface area contributed by atoms with Crippen LogP contribution in [0.3, 0.4) is 0 Å². The standard InChI is InChI=1S/C12H26NO4/c14-7-3-11-16-9-1-5-13-6-2-10-17-12-4-8-15/h14-15H,1-12H2. The third-order valence-corrected chi connectivity index (χ3v) is 2.10. The zero-order chi connectivity index (χ0) is 12.6. The molecule has 0 saturated heterocycles. The fraction of sp³-hybridized carbons (Fsp3) is 1.00. The molecule has 0 fully saturated rings. The Morgan fingerprint density at radius 3 is 1.47 bits per heavy atom. The zero-order valence-electron chi connectivity index (χ0n) is 10.6. The molecular formula is C12H26NO4. The third kappa shape index (κ3) is 15.8. The topological polar surface area (TPSA) is 73.0 Å². The molecule has 0 unspecified atom stereocenters. The second-order valence-corrected chi connectivity index (χ2v) is 3.76. The van der Waals surface area contributed by atoms with Gasteiger partial charge >= 0.3 is 0 Å². The largest absolute Gasteiger partial charge is 0.396 e. The normalized spacial score (nSPS) is 10.9. The van der Waals surface area contributed by atoms with Gasteiger partial charge in [-0.1, -0.05) is 0 Å². The van der Waals surface area contributed by atoms with Crippen LogP contribution in [0.25, 0.3) is 0 Å². The first-order chi connectivity index (χ1) is 8.41. The lowest BCUT2D eigenvalue weighted by molar-refractivity contribution is 0.110. The van der Waals surface area contributed by atoms with E-state index in [0.29, 0.717) is 26.1 Å². The molecule has 0 amide bonds. The molecule has 0 aromatic heterocycles. The molecule has 0 aromatic rings. The molecule has 0 aliphatic rings. The van der Waals surface area contributed by atoms with Gasteiger partial charge in [-0.05, 0) is 25.7 Å². The highest BCUT2D eigenvalue weighted by atomic mass is 16.5. The Hall–Kier alpha value is -0.200. The average molecular weight is 248 g/mol. The summed E-state index contributed by atoms with van der Waals surface area (Å²) in [4.78, 5) is 0. The lowest BCUT2D eigenvalue weighted by Crippen LogP contribution is -2.13. The number of ether oxygens (including phenoxy) is 2. The van der Waals surface area contributed by atoms with E-state index in [0.717, 1.165) is 39.1 Å². The third-order valence-electron chi connectivity index (χ3n) is 2.10. The highest BCUT2D eigenvalue weighted by Crippen LogP contribution is 1.87. The quantitative estimate of drug-likeness (QED) is 0.430. The number of aliphatic hydroxyl groups is 2. The molecular weight excluding hydrogens is 222 g/mol. The number of nitrogens with zero attached hydrogens (tertiary/aromatic N) is 1. The molecule has 0 heterocycles. The van der Waals surface area contributed by atoms with Gasteiger partial charge in [-0.15, -0.1) is 0 Å². The summed E-state index contributed by atoms with van der Waals surface area (Å²) in [5.41, 5.74) is 0. The SMILES string of the molecule is OCCCOCCC[N]CCCOCCCO. The van der Waals surface area contributed by atoms with Crippen molar-refractivity contribution in [2.75, 3.05) is 52.7 Å². The van der Waals surface area contributed by atoms with E-state index in [-0.39, 0.29) is 13.2 Å². The number of aliphatic hydroxyl groups excluding tert-OH is 2. The lowest BCUT2D eigenvalue weighted by atomic mass is 10.4. The van der Waals surface area contributed by atoms with Crippen LogP contribution in [0.5, 0.6) is 0 Å². The van der Waals surface area contributed by atoms with Gasteiger partial charge in [0, 0.05) is 52.7 Å². The number of rotatable bonds is 14. The van der Waals surface area contributed by atoms with Crippen LogP contribution in [-0.4, -0.2) is 62.9 Å².